The number of rotatable bonds is 5. The van der Waals surface area contributed by atoms with Gasteiger partial charge < -0.3 is 5.32 Å². The van der Waals surface area contributed by atoms with Gasteiger partial charge in [-0.05, 0) is 35.0 Å². The molecule has 1 N–H and O–H groups in total. The van der Waals surface area contributed by atoms with Gasteiger partial charge in [-0.25, -0.2) is 0 Å². The fourth-order valence-electron chi connectivity index (χ4n) is 2.07. The van der Waals surface area contributed by atoms with Gasteiger partial charge in [-0.2, -0.15) is 0 Å². The molecule has 108 valence electrons. The summed E-state index contributed by atoms with van der Waals surface area (Å²) in [6.07, 6.45) is 0. The maximum Gasteiger partial charge on any atom is 0.0599 e. The third kappa shape index (κ3) is 4.11. The molecular weight excluding hydrogens is 282 g/mol. The second-order valence-corrected chi connectivity index (χ2v) is 8.22. The van der Waals surface area contributed by atoms with Gasteiger partial charge in [0.1, 0.15) is 0 Å². The lowest BCUT2D eigenvalue weighted by atomic mass is 9.86. The normalized spacial score (nSPS) is 13.4. The van der Waals surface area contributed by atoms with Crippen molar-refractivity contribution in [2.45, 2.75) is 36.4 Å². The van der Waals surface area contributed by atoms with Gasteiger partial charge in [0.05, 0.1) is 4.21 Å². The first-order chi connectivity index (χ1) is 9.50. The summed E-state index contributed by atoms with van der Waals surface area (Å²) in [4.78, 5) is 0. The second-order valence-electron chi connectivity index (χ2n) is 5.96. The summed E-state index contributed by atoms with van der Waals surface area (Å²) < 4.78 is 1.39. The summed E-state index contributed by atoms with van der Waals surface area (Å²) in [7, 11) is 2.04. The molecule has 0 amide bonds. The van der Waals surface area contributed by atoms with Crippen molar-refractivity contribution in [2.75, 3.05) is 12.8 Å². The highest BCUT2D eigenvalue weighted by Gasteiger charge is 2.15. The third-order valence-electron chi connectivity index (χ3n) is 3.41. The van der Waals surface area contributed by atoms with Crippen LogP contribution in [0.5, 0.6) is 0 Å². The Morgan fingerprint density at radius 3 is 2.35 bits per heavy atom. The molecular formula is C17H23NS2. The minimum Gasteiger partial charge on any atom is -0.312 e. The van der Waals surface area contributed by atoms with Gasteiger partial charge in [0.25, 0.3) is 0 Å². The summed E-state index contributed by atoms with van der Waals surface area (Å²) in [6, 6.07) is 13.7. The number of hydrogen-bond donors (Lipinski definition) is 1. The van der Waals surface area contributed by atoms with E-state index in [1.54, 1.807) is 0 Å². The van der Waals surface area contributed by atoms with E-state index >= 15 is 0 Å². The topological polar surface area (TPSA) is 12.0 Å². The first kappa shape index (κ1) is 15.6. The lowest BCUT2D eigenvalue weighted by molar-refractivity contribution is 0.588. The molecule has 0 radical (unpaired) electrons. The highest BCUT2D eigenvalue weighted by Crippen LogP contribution is 2.29. The molecule has 0 aliphatic heterocycles. The van der Waals surface area contributed by atoms with Crippen molar-refractivity contribution in [3.8, 4) is 0 Å². The van der Waals surface area contributed by atoms with Crippen LogP contribution in [0.25, 0.3) is 0 Å². The molecule has 2 aromatic rings. The van der Waals surface area contributed by atoms with E-state index in [1.165, 1.54) is 15.3 Å². The molecule has 1 aromatic carbocycles. The second kappa shape index (κ2) is 6.79. The first-order valence-corrected chi connectivity index (χ1v) is 8.81. The predicted octanol–water partition coefficient (Wildman–Crippen LogP) is 5.10. The average molecular weight is 306 g/mol. The molecule has 1 heterocycles. The minimum absolute atomic E-state index is 0.222. The van der Waals surface area contributed by atoms with E-state index in [0.29, 0.717) is 6.04 Å². The summed E-state index contributed by atoms with van der Waals surface area (Å²) in [5, 5.41) is 5.56. The highest BCUT2D eigenvalue weighted by molar-refractivity contribution is 8.01. The van der Waals surface area contributed by atoms with E-state index in [0.717, 1.165) is 5.75 Å². The van der Waals surface area contributed by atoms with Crippen molar-refractivity contribution in [1.29, 1.82) is 0 Å². The van der Waals surface area contributed by atoms with Crippen molar-refractivity contribution in [3.05, 3.63) is 52.9 Å². The van der Waals surface area contributed by atoms with Crippen LogP contribution in [0.2, 0.25) is 0 Å². The third-order valence-corrected chi connectivity index (χ3v) is 5.64. The van der Waals surface area contributed by atoms with Gasteiger partial charge >= 0.3 is 0 Å². The van der Waals surface area contributed by atoms with Crippen LogP contribution in [0.15, 0.2) is 46.0 Å². The number of nitrogens with one attached hydrogen (secondary N) is 1. The molecule has 0 aliphatic carbocycles. The van der Waals surface area contributed by atoms with Crippen LogP contribution in [0, 0.1) is 0 Å². The van der Waals surface area contributed by atoms with Gasteiger partial charge in [0.2, 0.25) is 0 Å². The van der Waals surface area contributed by atoms with E-state index in [2.05, 4.69) is 67.9 Å². The largest absolute Gasteiger partial charge is 0.312 e. The summed E-state index contributed by atoms with van der Waals surface area (Å²) in [6.45, 7) is 6.76. The smallest absolute Gasteiger partial charge is 0.0599 e. The maximum absolute atomic E-state index is 3.42. The van der Waals surface area contributed by atoms with Gasteiger partial charge in [-0.1, -0.05) is 51.1 Å². The Morgan fingerprint density at radius 2 is 1.85 bits per heavy atom. The highest BCUT2D eigenvalue weighted by atomic mass is 32.2. The SMILES string of the molecule is CNC(CSc1cccs1)c1ccc(C(C)(C)C)cc1. The molecule has 1 nitrogen and oxygen atoms in total. The van der Waals surface area contributed by atoms with Gasteiger partial charge in [0.15, 0.2) is 0 Å². The summed E-state index contributed by atoms with van der Waals surface area (Å²) >= 11 is 3.73. The number of hydrogen-bond acceptors (Lipinski definition) is 3. The standard InChI is InChI=1S/C17H23NS2/c1-17(2,3)14-9-7-13(8-10-14)15(18-4)12-20-16-6-5-11-19-16/h5-11,15,18H,12H2,1-4H3. The fourth-order valence-corrected chi connectivity index (χ4v) is 4.03. The van der Waals surface area contributed by atoms with E-state index in [9.17, 15) is 0 Å². The van der Waals surface area contributed by atoms with Crippen LogP contribution in [0.1, 0.15) is 37.9 Å². The first-order valence-electron chi connectivity index (χ1n) is 6.94. The maximum atomic E-state index is 3.42. The molecule has 1 aromatic heterocycles. The van der Waals surface area contributed by atoms with Crippen LogP contribution >= 0.6 is 23.1 Å². The minimum atomic E-state index is 0.222. The Hall–Kier alpha value is -0.770. The molecule has 0 saturated carbocycles. The number of thioether (sulfide) groups is 1. The zero-order valence-electron chi connectivity index (χ0n) is 12.6. The molecule has 2 rings (SSSR count). The Bertz CT molecular complexity index is 509. The lowest BCUT2D eigenvalue weighted by Gasteiger charge is -2.21. The van der Waals surface area contributed by atoms with Crippen molar-refractivity contribution < 1.29 is 0 Å². The van der Waals surface area contributed by atoms with E-state index in [4.69, 9.17) is 0 Å². The zero-order chi connectivity index (χ0) is 14.6. The summed E-state index contributed by atoms with van der Waals surface area (Å²) in [5.74, 6) is 1.06. The average Bonchev–Trinajstić information content (AvgIpc) is 2.92. The summed E-state index contributed by atoms with van der Waals surface area (Å²) in [5.41, 5.74) is 2.98. The Balaban J connectivity index is 2.04. The van der Waals surface area contributed by atoms with E-state index in [-0.39, 0.29) is 5.41 Å². The monoisotopic (exact) mass is 305 g/mol. The Labute approximate surface area is 130 Å². The van der Waals surface area contributed by atoms with Crippen molar-refractivity contribution in [1.82, 2.24) is 5.32 Å². The van der Waals surface area contributed by atoms with Crippen molar-refractivity contribution in [2.24, 2.45) is 0 Å². The van der Waals surface area contributed by atoms with E-state index in [1.807, 2.05) is 30.1 Å². The van der Waals surface area contributed by atoms with Gasteiger partial charge in [-0.3, -0.25) is 0 Å². The molecule has 0 saturated heterocycles. The molecule has 0 bridgehead atoms. The molecule has 1 atom stereocenters. The van der Waals surface area contributed by atoms with E-state index < -0.39 is 0 Å². The molecule has 0 spiro atoms. The van der Waals surface area contributed by atoms with Crippen LogP contribution in [-0.2, 0) is 5.41 Å². The van der Waals surface area contributed by atoms with Crippen LogP contribution < -0.4 is 5.32 Å². The quantitative estimate of drug-likeness (QED) is 0.771. The lowest BCUT2D eigenvalue weighted by Crippen LogP contribution is -2.19. The van der Waals surface area contributed by atoms with Crippen LogP contribution in [0.3, 0.4) is 0 Å². The molecule has 0 aliphatic rings. The molecule has 20 heavy (non-hydrogen) atoms. The van der Waals surface area contributed by atoms with Crippen molar-refractivity contribution >= 4 is 23.1 Å². The Morgan fingerprint density at radius 1 is 1.15 bits per heavy atom. The predicted molar refractivity (Wildman–Crippen MR) is 92.0 cm³/mol. The number of thiophene rings is 1. The Kier molecular flexibility index (Phi) is 5.30. The number of benzene rings is 1. The fraction of sp³-hybridized carbons (Fsp3) is 0.412. The molecule has 0 fully saturated rings. The molecule has 1 unspecified atom stereocenters. The van der Waals surface area contributed by atoms with Gasteiger partial charge in [0, 0.05) is 11.8 Å². The van der Waals surface area contributed by atoms with Crippen LogP contribution in [0.4, 0.5) is 0 Å². The molecule has 3 heteroatoms. The van der Waals surface area contributed by atoms with Gasteiger partial charge in [-0.15, -0.1) is 23.1 Å². The van der Waals surface area contributed by atoms with Crippen LogP contribution in [-0.4, -0.2) is 12.8 Å². The zero-order valence-corrected chi connectivity index (χ0v) is 14.3. The van der Waals surface area contributed by atoms with Crippen molar-refractivity contribution in [3.63, 3.8) is 0 Å².